The third-order valence-electron chi connectivity index (χ3n) is 9.38. The summed E-state index contributed by atoms with van der Waals surface area (Å²) < 4.78 is 17.7. The molecule has 47 heavy (non-hydrogen) atoms. The summed E-state index contributed by atoms with van der Waals surface area (Å²) in [6, 6.07) is 14.0. The first kappa shape index (κ1) is 33.9. The van der Waals surface area contributed by atoms with Gasteiger partial charge in [0.1, 0.15) is 23.5 Å². The number of carbonyl (C=O) groups excluding carboxylic acids is 4. The van der Waals surface area contributed by atoms with Crippen molar-refractivity contribution in [2.75, 3.05) is 31.7 Å². The molecule has 2 aromatic carbocycles. The number of hydrogen-bond donors (Lipinski definition) is 2. The number of fused-ring (bicyclic) bond motifs is 1. The number of carbonyl (C=O) groups is 4. The van der Waals surface area contributed by atoms with E-state index in [2.05, 4.69) is 18.5 Å². The number of likely N-dealkylation sites (tertiary alicyclic amines) is 1. The third kappa shape index (κ3) is 6.42. The zero-order chi connectivity index (χ0) is 33.7. The Kier molecular flexibility index (Phi) is 10.5. The molecule has 11 nitrogen and oxygen atoms in total. The predicted octanol–water partition coefficient (Wildman–Crippen LogP) is 3.34. The minimum atomic E-state index is -1.32. The summed E-state index contributed by atoms with van der Waals surface area (Å²) >= 11 is 0. The Hall–Kier alpha value is -4.48. The lowest BCUT2D eigenvalue weighted by Crippen LogP contribution is -2.57. The van der Waals surface area contributed by atoms with Crippen molar-refractivity contribution in [3.8, 4) is 5.75 Å². The van der Waals surface area contributed by atoms with Crippen LogP contribution in [0.4, 0.5) is 5.69 Å². The van der Waals surface area contributed by atoms with E-state index in [9.17, 15) is 24.3 Å². The molecule has 3 aliphatic heterocycles. The first-order valence-corrected chi connectivity index (χ1v) is 16.0. The number of allylic oxidation sites excluding steroid dienone is 1. The number of aliphatic hydroxyl groups is 1. The van der Waals surface area contributed by atoms with E-state index < -0.39 is 66.1 Å². The normalized spacial score (nSPS) is 25.4. The Bertz CT molecular complexity index is 1480. The highest BCUT2D eigenvalue weighted by atomic mass is 16.6. The standard InChI is InChI=1S/C36H43N3O8/c1-5-7-13-29(41)37-21-23(3)46-35(44)30-28-18-19-36(47-28)31(30)33(42)39(27(22-40)24-11-9-8-10-12-24)32(36)34(43)38(20-6-2)25-14-16-26(45-4)17-15-25/h5-6,8-12,14-17,23,27-28,30-32,40H,1-2,7,13,18-22H2,3-4H3,(H,37,41)/t23-,27-,28+,30-,31-,32+,36-/m1/s1. The van der Waals surface area contributed by atoms with Gasteiger partial charge in [-0.05, 0) is 56.0 Å². The van der Waals surface area contributed by atoms with Crippen LogP contribution >= 0.6 is 0 Å². The van der Waals surface area contributed by atoms with Crippen LogP contribution in [0, 0.1) is 11.8 Å². The minimum Gasteiger partial charge on any atom is -0.497 e. The lowest BCUT2D eigenvalue weighted by molar-refractivity contribution is -0.159. The van der Waals surface area contributed by atoms with Crippen molar-refractivity contribution in [2.45, 2.75) is 62.5 Å². The van der Waals surface area contributed by atoms with Gasteiger partial charge < -0.3 is 34.4 Å². The number of aliphatic hydroxyl groups excluding tert-OH is 1. The molecule has 2 aromatic rings. The van der Waals surface area contributed by atoms with E-state index in [1.807, 2.05) is 6.07 Å². The van der Waals surface area contributed by atoms with Gasteiger partial charge in [-0.3, -0.25) is 19.2 Å². The van der Waals surface area contributed by atoms with Gasteiger partial charge in [0.05, 0.1) is 44.2 Å². The second-order valence-electron chi connectivity index (χ2n) is 12.2. The van der Waals surface area contributed by atoms with Crippen LogP contribution in [-0.2, 0) is 28.7 Å². The number of hydrogen-bond acceptors (Lipinski definition) is 8. The maximum absolute atomic E-state index is 14.8. The number of methoxy groups -OCH3 is 1. The molecule has 0 aromatic heterocycles. The van der Waals surface area contributed by atoms with E-state index >= 15 is 0 Å². The zero-order valence-electron chi connectivity index (χ0n) is 26.9. The van der Waals surface area contributed by atoms with Crippen molar-refractivity contribution in [3.05, 3.63) is 85.5 Å². The fourth-order valence-corrected chi connectivity index (χ4v) is 7.26. The first-order valence-electron chi connectivity index (χ1n) is 16.0. The summed E-state index contributed by atoms with van der Waals surface area (Å²) in [6.45, 7) is 8.94. The Morgan fingerprint density at radius 3 is 2.51 bits per heavy atom. The number of ether oxygens (including phenoxy) is 3. The van der Waals surface area contributed by atoms with Crippen LogP contribution in [0.1, 0.15) is 44.2 Å². The number of anilines is 1. The molecular weight excluding hydrogens is 602 g/mol. The number of nitrogens with one attached hydrogen (secondary N) is 1. The van der Waals surface area contributed by atoms with Gasteiger partial charge >= 0.3 is 5.97 Å². The van der Waals surface area contributed by atoms with Gasteiger partial charge in [0.15, 0.2) is 0 Å². The average Bonchev–Trinajstić information content (AvgIpc) is 3.73. The average molecular weight is 646 g/mol. The quantitative estimate of drug-likeness (QED) is 0.223. The van der Waals surface area contributed by atoms with Gasteiger partial charge in [0.25, 0.3) is 5.91 Å². The van der Waals surface area contributed by atoms with Crippen LogP contribution in [0.25, 0.3) is 0 Å². The van der Waals surface area contributed by atoms with Crippen LogP contribution in [0.3, 0.4) is 0 Å². The Morgan fingerprint density at radius 1 is 1.15 bits per heavy atom. The topological polar surface area (TPSA) is 135 Å². The zero-order valence-corrected chi connectivity index (χ0v) is 26.9. The lowest BCUT2D eigenvalue weighted by atomic mass is 9.70. The number of amides is 3. The third-order valence-corrected chi connectivity index (χ3v) is 9.38. The van der Waals surface area contributed by atoms with E-state index in [-0.39, 0.29) is 25.4 Å². The highest BCUT2D eigenvalue weighted by Gasteiger charge is 2.75. The van der Waals surface area contributed by atoms with Crippen molar-refractivity contribution < 1.29 is 38.5 Å². The monoisotopic (exact) mass is 645 g/mol. The fraction of sp³-hybridized carbons (Fsp3) is 0.444. The summed E-state index contributed by atoms with van der Waals surface area (Å²) in [5, 5.41) is 13.5. The Labute approximate surface area is 275 Å². The molecule has 2 N–H and O–H groups in total. The van der Waals surface area contributed by atoms with Crippen molar-refractivity contribution in [1.29, 1.82) is 0 Å². The van der Waals surface area contributed by atoms with Gasteiger partial charge in [-0.15, -0.1) is 13.2 Å². The molecule has 0 radical (unpaired) electrons. The molecule has 3 saturated heterocycles. The molecule has 3 fully saturated rings. The minimum absolute atomic E-state index is 0.107. The summed E-state index contributed by atoms with van der Waals surface area (Å²) in [4.78, 5) is 58.3. The number of nitrogens with zero attached hydrogens (tertiary/aromatic N) is 2. The van der Waals surface area contributed by atoms with Crippen LogP contribution in [0.2, 0.25) is 0 Å². The van der Waals surface area contributed by atoms with Gasteiger partial charge in [-0.1, -0.05) is 42.5 Å². The SMILES string of the molecule is C=CCCC(=O)NC[C@@H](C)OC(=O)[C@@H]1[C@@H]2CC[C@]3(O2)[C@H](C(=O)N(CC=C)c2ccc(OC)cc2)N([C@H](CO)c2ccccc2)C(=O)[C@@H]13. The second kappa shape index (κ2) is 14.5. The molecule has 3 amide bonds. The highest BCUT2D eigenvalue weighted by Crippen LogP contribution is 2.60. The molecule has 11 heteroatoms. The lowest BCUT2D eigenvalue weighted by Gasteiger charge is -2.39. The molecule has 1 spiro atoms. The van der Waals surface area contributed by atoms with Gasteiger partial charge in [-0.25, -0.2) is 0 Å². The largest absolute Gasteiger partial charge is 0.497 e. The van der Waals surface area contributed by atoms with E-state index in [0.717, 1.165) is 0 Å². The van der Waals surface area contributed by atoms with E-state index in [0.29, 0.717) is 36.3 Å². The van der Waals surface area contributed by atoms with Crippen molar-refractivity contribution in [1.82, 2.24) is 10.2 Å². The van der Waals surface area contributed by atoms with E-state index in [4.69, 9.17) is 14.2 Å². The molecule has 7 atom stereocenters. The molecular formula is C36H43N3O8. The van der Waals surface area contributed by atoms with Crippen LogP contribution in [-0.4, -0.2) is 84.4 Å². The van der Waals surface area contributed by atoms with Crippen LogP contribution in [0.15, 0.2) is 79.9 Å². The molecule has 2 bridgehead atoms. The van der Waals surface area contributed by atoms with Crippen LogP contribution < -0.4 is 15.0 Å². The first-order chi connectivity index (χ1) is 22.7. The van der Waals surface area contributed by atoms with Gasteiger partial charge in [0.2, 0.25) is 11.8 Å². The smallest absolute Gasteiger partial charge is 0.312 e. The molecule has 0 saturated carbocycles. The van der Waals surface area contributed by atoms with E-state index in [1.54, 1.807) is 74.7 Å². The van der Waals surface area contributed by atoms with Crippen molar-refractivity contribution in [3.63, 3.8) is 0 Å². The summed E-state index contributed by atoms with van der Waals surface area (Å²) in [5.41, 5.74) is -0.110. The molecule has 250 valence electrons. The Morgan fingerprint density at radius 2 is 1.87 bits per heavy atom. The number of rotatable bonds is 15. The number of esters is 1. The molecule has 3 aliphatic rings. The maximum atomic E-state index is 14.8. The van der Waals surface area contributed by atoms with Crippen LogP contribution in [0.5, 0.6) is 5.75 Å². The Balaban J connectivity index is 1.49. The molecule has 5 rings (SSSR count). The highest BCUT2D eigenvalue weighted by molar-refractivity contribution is 6.05. The molecule has 0 aliphatic carbocycles. The molecule has 0 unspecified atom stereocenters. The fourth-order valence-electron chi connectivity index (χ4n) is 7.26. The summed E-state index contributed by atoms with van der Waals surface area (Å²) in [5.74, 6) is -3.01. The van der Waals surface area contributed by atoms with E-state index in [1.165, 1.54) is 9.80 Å². The van der Waals surface area contributed by atoms with Gasteiger partial charge in [0, 0.05) is 18.7 Å². The molecule has 3 heterocycles. The van der Waals surface area contributed by atoms with Crippen molar-refractivity contribution in [2.24, 2.45) is 11.8 Å². The maximum Gasteiger partial charge on any atom is 0.312 e. The number of benzene rings is 2. The predicted molar refractivity (Wildman–Crippen MR) is 174 cm³/mol. The second-order valence-corrected chi connectivity index (χ2v) is 12.2. The summed E-state index contributed by atoms with van der Waals surface area (Å²) in [7, 11) is 1.55. The van der Waals surface area contributed by atoms with Crippen molar-refractivity contribution >= 4 is 29.4 Å². The van der Waals surface area contributed by atoms with Gasteiger partial charge in [-0.2, -0.15) is 0 Å². The summed E-state index contributed by atoms with van der Waals surface area (Å²) in [6.07, 6.45) is 3.60.